The normalized spacial score (nSPS) is 7.82. The van der Waals surface area contributed by atoms with Crippen molar-refractivity contribution in [2.45, 2.75) is 13.8 Å². The van der Waals surface area contributed by atoms with Crippen LogP contribution in [-0.2, 0) is 0 Å². The van der Waals surface area contributed by atoms with Gasteiger partial charge in [-0.25, -0.2) is 0 Å². The second-order valence-corrected chi connectivity index (χ2v) is 2.32. The number of hydrogen-bond acceptors (Lipinski definition) is 1. The Morgan fingerprint density at radius 2 is 1.64 bits per heavy atom. The molecule has 0 radical (unpaired) electrons. The van der Waals surface area contributed by atoms with Crippen LogP contribution in [0.5, 0.6) is 0 Å². The second-order valence-electron chi connectivity index (χ2n) is 2.32. The minimum Gasteiger partial charge on any atom is -0.399 e. The third-order valence-electron chi connectivity index (χ3n) is 1.08. The summed E-state index contributed by atoms with van der Waals surface area (Å²) in [5, 5.41) is 0. The summed E-state index contributed by atoms with van der Waals surface area (Å²) in [4.78, 5) is 0. The Morgan fingerprint density at radius 1 is 1.27 bits per heavy atom. The first-order valence-electron chi connectivity index (χ1n) is 3.60. The highest BCUT2D eigenvalue weighted by atomic mass is 14.5. The molecule has 1 rings (SSSR count). The second kappa shape index (κ2) is 5.54. The molecule has 11 heavy (non-hydrogen) atoms. The third kappa shape index (κ3) is 5.22. The van der Waals surface area contributed by atoms with E-state index in [1.165, 1.54) is 5.56 Å². The first kappa shape index (κ1) is 9.76. The van der Waals surface area contributed by atoms with Crippen LogP contribution in [0.4, 0.5) is 5.69 Å². The van der Waals surface area contributed by atoms with E-state index in [0.29, 0.717) is 0 Å². The summed E-state index contributed by atoms with van der Waals surface area (Å²) in [6.07, 6.45) is 1.75. The van der Waals surface area contributed by atoms with Crippen LogP contribution in [0.2, 0.25) is 0 Å². The van der Waals surface area contributed by atoms with E-state index >= 15 is 0 Å². The monoisotopic (exact) mass is 149 g/mol. The molecule has 1 aromatic carbocycles. The minimum atomic E-state index is 0.829. The van der Waals surface area contributed by atoms with Gasteiger partial charge in [-0.2, -0.15) is 0 Å². The summed E-state index contributed by atoms with van der Waals surface area (Å²) < 4.78 is 0. The van der Waals surface area contributed by atoms with Gasteiger partial charge in [0.1, 0.15) is 0 Å². The molecule has 0 aliphatic rings. The average Bonchev–Trinajstić information content (AvgIpc) is 1.97. The van der Waals surface area contributed by atoms with Gasteiger partial charge >= 0.3 is 0 Å². The SMILES string of the molecule is C=CC.Cc1ccc(N)cc1. The van der Waals surface area contributed by atoms with Crippen LogP contribution in [0.25, 0.3) is 0 Å². The predicted molar refractivity (Wildman–Crippen MR) is 51.5 cm³/mol. The van der Waals surface area contributed by atoms with Crippen molar-refractivity contribution in [2.24, 2.45) is 0 Å². The molecule has 2 N–H and O–H groups in total. The van der Waals surface area contributed by atoms with Crippen molar-refractivity contribution in [3.05, 3.63) is 42.5 Å². The zero-order chi connectivity index (χ0) is 8.69. The van der Waals surface area contributed by atoms with Crippen molar-refractivity contribution >= 4 is 5.69 Å². The van der Waals surface area contributed by atoms with E-state index in [1.807, 2.05) is 38.1 Å². The number of hydrogen-bond donors (Lipinski definition) is 1. The average molecular weight is 149 g/mol. The van der Waals surface area contributed by atoms with Crippen molar-refractivity contribution in [1.29, 1.82) is 0 Å². The van der Waals surface area contributed by atoms with Crippen LogP contribution in [0, 0.1) is 6.92 Å². The van der Waals surface area contributed by atoms with Crippen molar-refractivity contribution < 1.29 is 0 Å². The van der Waals surface area contributed by atoms with Gasteiger partial charge in [0.2, 0.25) is 0 Å². The molecular formula is C10H15N. The first-order valence-corrected chi connectivity index (χ1v) is 3.60. The summed E-state index contributed by atoms with van der Waals surface area (Å²) in [7, 11) is 0. The highest BCUT2D eigenvalue weighted by Crippen LogP contribution is 2.02. The number of nitrogens with two attached hydrogens (primary N) is 1. The van der Waals surface area contributed by atoms with Crippen LogP contribution in [0.15, 0.2) is 36.9 Å². The van der Waals surface area contributed by atoms with E-state index < -0.39 is 0 Å². The minimum absolute atomic E-state index is 0.829. The molecule has 0 aromatic heterocycles. The maximum atomic E-state index is 5.43. The van der Waals surface area contributed by atoms with Crippen LogP contribution in [0.3, 0.4) is 0 Å². The molecule has 0 saturated carbocycles. The molecule has 0 aliphatic heterocycles. The summed E-state index contributed by atoms with van der Waals surface area (Å²) in [5.74, 6) is 0. The molecule has 0 fully saturated rings. The Labute approximate surface area is 68.5 Å². The topological polar surface area (TPSA) is 26.0 Å². The van der Waals surface area contributed by atoms with E-state index in [-0.39, 0.29) is 0 Å². The zero-order valence-corrected chi connectivity index (χ0v) is 7.17. The number of rotatable bonds is 0. The van der Waals surface area contributed by atoms with E-state index in [1.54, 1.807) is 6.08 Å². The number of allylic oxidation sites excluding steroid dienone is 1. The standard InChI is InChI=1S/C7H9N.C3H6/c1-6-2-4-7(8)5-3-6;1-3-2/h2-5H,8H2,1H3;3H,1H2,2H3. The van der Waals surface area contributed by atoms with Crippen molar-refractivity contribution in [3.8, 4) is 0 Å². The lowest BCUT2D eigenvalue weighted by Gasteiger charge is -1.90. The predicted octanol–water partition coefficient (Wildman–Crippen LogP) is 2.77. The first-order chi connectivity index (χ1) is 5.20. The molecule has 60 valence electrons. The van der Waals surface area contributed by atoms with Crippen molar-refractivity contribution in [3.63, 3.8) is 0 Å². The quantitative estimate of drug-likeness (QED) is 0.445. The molecule has 1 aromatic rings. The van der Waals surface area contributed by atoms with Gasteiger partial charge in [0, 0.05) is 5.69 Å². The summed E-state index contributed by atoms with van der Waals surface area (Å²) in [6.45, 7) is 7.29. The van der Waals surface area contributed by atoms with Gasteiger partial charge in [-0.05, 0) is 26.0 Å². The third-order valence-corrected chi connectivity index (χ3v) is 1.08. The fraction of sp³-hybridized carbons (Fsp3) is 0.200. The maximum Gasteiger partial charge on any atom is 0.0314 e. The van der Waals surface area contributed by atoms with Gasteiger partial charge in [-0.3, -0.25) is 0 Å². The smallest absolute Gasteiger partial charge is 0.0314 e. The molecule has 0 bridgehead atoms. The van der Waals surface area contributed by atoms with Crippen LogP contribution in [-0.4, -0.2) is 0 Å². The van der Waals surface area contributed by atoms with Gasteiger partial charge in [0.25, 0.3) is 0 Å². The Bertz CT molecular complexity index is 178. The number of anilines is 1. The summed E-state index contributed by atoms with van der Waals surface area (Å²) in [5.41, 5.74) is 7.51. The van der Waals surface area contributed by atoms with Crippen LogP contribution >= 0.6 is 0 Å². The molecule has 0 unspecified atom stereocenters. The van der Waals surface area contributed by atoms with Gasteiger partial charge in [0.05, 0.1) is 0 Å². The lowest BCUT2D eigenvalue weighted by atomic mass is 10.2. The van der Waals surface area contributed by atoms with Gasteiger partial charge in [-0.15, -0.1) is 6.58 Å². The van der Waals surface area contributed by atoms with E-state index in [0.717, 1.165) is 5.69 Å². The largest absolute Gasteiger partial charge is 0.399 e. The van der Waals surface area contributed by atoms with Gasteiger partial charge in [-0.1, -0.05) is 23.8 Å². The molecule has 0 atom stereocenters. The maximum absolute atomic E-state index is 5.43. The molecule has 1 heteroatoms. The van der Waals surface area contributed by atoms with Crippen LogP contribution in [0.1, 0.15) is 12.5 Å². The lowest BCUT2D eigenvalue weighted by molar-refractivity contribution is 1.47. The molecular weight excluding hydrogens is 134 g/mol. The summed E-state index contributed by atoms with van der Waals surface area (Å²) >= 11 is 0. The van der Waals surface area contributed by atoms with Crippen molar-refractivity contribution in [2.75, 3.05) is 5.73 Å². The Hall–Kier alpha value is -1.24. The number of nitrogen functional groups attached to an aromatic ring is 1. The number of aryl methyl sites for hydroxylation is 1. The molecule has 1 nitrogen and oxygen atoms in total. The zero-order valence-electron chi connectivity index (χ0n) is 7.17. The fourth-order valence-electron chi connectivity index (χ4n) is 0.566. The lowest BCUT2D eigenvalue weighted by Crippen LogP contribution is -1.81. The molecule has 0 saturated heterocycles. The van der Waals surface area contributed by atoms with E-state index in [4.69, 9.17) is 5.73 Å². The summed E-state index contributed by atoms with van der Waals surface area (Å²) in [6, 6.07) is 7.79. The Kier molecular flexibility index (Phi) is 4.91. The van der Waals surface area contributed by atoms with Crippen LogP contribution < -0.4 is 5.73 Å². The fourth-order valence-corrected chi connectivity index (χ4v) is 0.566. The van der Waals surface area contributed by atoms with Gasteiger partial charge < -0.3 is 5.73 Å². The number of benzene rings is 1. The molecule has 0 amide bonds. The molecule has 0 heterocycles. The Morgan fingerprint density at radius 3 is 1.91 bits per heavy atom. The molecule has 0 spiro atoms. The van der Waals surface area contributed by atoms with E-state index in [9.17, 15) is 0 Å². The molecule has 0 aliphatic carbocycles. The van der Waals surface area contributed by atoms with Crippen molar-refractivity contribution in [1.82, 2.24) is 0 Å². The van der Waals surface area contributed by atoms with Gasteiger partial charge in [0.15, 0.2) is 0 Å². The highest BCUT2D eigenvalue weighted by Gasteiger charge is 1.80. The highest BCUT2D eigenvalue weighted by molar-refractivity contribution is 5.38. The van der Waals surface area contributed by atoms with E-state index in [2.05, 4.69) is 6.58 Å². The Balaban J connectivity index is 0.000000292.